The Kier molecular flexibility index (Phi) is 5.79. The molecule has 1 atom stereocenters. The summed E-state index contributed by atoms with van der Waals surface area (Å²) in [5.74, 6) is -0.742. The van der Waals surface area contributed by atoms with Crippen molar-refractivity contribution in [3.05, 3.63) is 29.3 Å². The Morgan fingerprint density at radius 1 is 1.04 bits per heavy atom. The molecule has 27 heavy (non-hydrogen) atoms. The van der Waals surface area contributed by atoms with E-state index in [1.807, 2.05) is 26.0 Å². The monoisotopic (exact) mass is 372 g/mol. The van der Waals surface area contributed by atoms with Crippen molar-refractivity contribution >= 4 is 23.4 Å². The third-order valence-corrected chi connectivity index (χ3v) is 5.38. The van der Waals surface area contributed by atoms with Crippen LogP contribution in [0.4, 0.5) is 5.69 Å². The molecule has 0 saturated carbocycles. The van der Waals surface area contributed by atoms with E-state index in [1.54, 1.807) is 4.90 Å². The Morgan fingerprint density at radius 2 is 1.74 bits per heavy atom. The summed E-state index contributed by atoms with van der Waals surface area (Å²) < 4.78 is 0. The van der Waals surface area contributed by atoms with Crippen LogP contribution in [0.5, 0.6) is 0 Å². The molecule has 3 heterocycles. The predicted molar refractivity (Wildman–Crippen MR) is 104 cm³/mol. The van der Waals surface area contributed by atoms with Crippen molar-refractivity contribution < 1.29 is 14.4 Å². The molecule has 3 aliphatic heterocycles. The number of hydrogen-bond acceptors (Lipinski definition) is 5. The van der Waals surface area contributed by atoms with Crippen LogP contribution in [0, 0.1) is 0 Å². The van der Waals surface area contributed by atoms with Crippen molar-refractivity contribution in [3.63, 3.8) is 0 Å². The van der Waals surface area contributed by atoms with Gasteiger partial charge in [0.2, 0.25) is 11.8 Å². The number of nitrogens with zero attached hydrogens (tertiary/aromatic N) is 3. The highest BCUT2D eigenvalue weighted by Gasteiger charge is 2.39. The SMILES string of the molecule is CC.CN1CCN(c2ccc3c(c2)CN(C2CCC(=O)NC2=O)C3=O)CC1. The van der Waals surface area contributed by atoms with Crippen LogP contribution in [-0.4, -0.2) is 66.8 Å². The van der Waals surface area contributed by atoms with E-state index in [-0.39, 0.29) is 24.1 Å². The van der Waals surface area contributed by atoms with E-state index < -0.39 is 6.04 Å². The highest BCUT2D eigenvalue weighted by molar-refractivity contribution is 6.05. The van der Waals surface area contributed by atoms with Gasteiger partial charge in [-0.15, -0.1) is 0 Å². The lowest BCUT2D eigenvalue weighted by Gasteiger charge is -2.34. The number of nitrogens with one attached hydrogen (secondary N) is 1. The third-order valence-electron chi connectivity index (χ3n) is 5.38. The van der Waals surface area contributed by atoms with Gasteiger partial charge in [-0.05, 0) is 37.2 Å². The van der Waals surface area contributed by atoms with Gasteiger partial charge in [0, 0.05) is 50.4 Å². The van der Waals surface area contributed by atoms with Crippen molar-refractivity contribution in [2.45, 2.75) is 39.3 Å². The van der Waals surface area contributed by atoms with Crippen LogP contribution in [-0.2, 0) is 16.1 Å². The normalized spacial score (nSPS) is 22.9. The van der Waals surface area contributed by atoms with Crippen LogP contribution in [0.3, 0.4) is 0 Å². The number of piperidine rings is 1. The second kappa shape index (κ2) is 8.08. The van der Waals surface area contributed by atoms with Gasteiger partial charge < -0.3 is 14.7 Å². The number of hydrogen-bond donors (Lipinski definition) is 1. The first-order valence-corrected chi connectivity index (χ1v) is 9.74. The molecule has 3 aliphatic rings. The molecular weight excluding hydrogens is 344 g/mol. The first kappa shape index (κ1) is 19.4. The summed E-state index contributed by atoms with van der Waals surface area (Å²) in [4.78, 5) is 42.4. The van der Waals surface area contributed by atoms with E-state index in [4.69, 9.17) is 0 Å². The minimum absolute atomic E-state index is 0.116. The molecule has 2 saturated heterocycles. The molecule has 2 fully saturated rings. The smallest absolute Gasteiger partial charge is 0.255 e. The van der Waals surface area contributed by atoms with Crippen LogP contribution in [0.15, 0.2) is 18.2 Å². The molecule has 0 aliphatic carbocycles. The Balaban J connectivity index is 0.00000102. The number of amides is 3. The molecule has 7 nitrogen and oxygen atoms in total. The number of carbonyl (C=O) groups is 3. The molecule has 0 radical (unpaired) electrons. The second-order valence-electron chi connectivity index (χ2n) is 7.03. The third kappa shape index (κ3) is 3.83. The van der Waals surface area contributed by atoms with Gasteiger partial charge in [0.15, 0.2) is 0 Å². The summed E-state index contributed by atoms with van der Waals surface area (Å²) in [7, 11) is 2.12. The van der Waals surface area contributed by atoms with E-state index in [9.17, 15) is 14.4 Å². The van der Waals surface area contributed by atoms with E-state index in [1.165, 1.54) is 0 Å². The molecular formula is C20H28N4O3. The van der Waals surface area contributed by atoms with Gasteiger partial charge in [-0.3, -0.25) is 19.7 Å². The molecule has 7 heteroatoms. The van der Waals surface area contributed by atoms with E-state index in [0.717, 1.165) is 37.4 Å². The highest BCUT2D eigenvalue weighted by atomic mass is 16.2. The zero-order valence-corrected chi connectivity index (χ0v) is 16.3. The van der Waals surface area contributed by atoms with Crippen molar-refractivity contribution in [1.29, 1.82) is 0 Å². The molecule has 1 unspecified atom stereocenters. The Labute approximate surface area is 160 Å². The van der Waals surface area contributed by atoms with Crippen molar-refractivity contribution in [1.82, 2.24) is 15.1 Å². The van der Waals surface area contributed by atoms with Crippen LogP contribution >= 0.6 is 0 Å². The summed E-state index contributed by atoms with van der Waals surface area (Å²) in [5, 5.41) is 2.34. The fraction of sp³-hybridized carbons (Fsp3) is 0.550. The average Bonchev–Trinajstić information content (AvgIpc) is 3.00. The number of imide groups is 1. The maximum Gasteiger partial charge on any atom is 0.255 e. The number of fused-ring (bicyclic) bond motifs is 1. The lowest BCUT2D eigenvalue weighted by molar-refractivity contribution is -0.136. The summed E-state index contributed by atoms with van der Waals surface area (Å²) >= 11 is 0. The van der Waals surface area contributed by atoms with Gasteiger partial charge in [-0.2, -0.15) is 0 Å². The van der Waals surface area contributed by atoms with Gasteiger partial charge in [0.05, 0.1) is 0 Å². The molecule has 4 rings (SSSR count). The van der Waals surface area contributed by atoms with Gasteiger partial charge in [0.25, 0.3) is 5.91 Å². The van der Waals surface area contributed by atoms with Crippen LogP contribution < -0.4 is 10.2 Å². The Bertz CT molecular complexity index is 741. The predicted octanol–water partition coefficient (Wildman–Crippen LogP) is 1.23. The molecule has 0 aromatic heterocycles. The van der Waals surface area contributed by atoms with Crippen LogP contribution in [0.1, 0.15) is 42.6 Å². The zero-order valence-electron chi connectivity index (χ0n) is 16.3. The quantitative estimate of drug-likeness (QED) is 0.791. The standard InChI is InChI=1S/C18H22N4O3.C2H6/c1-20-6-8-21(9-7-20)13-2-3-14-12(10-13)11-22(18(14)25)15-4-5-16(23)19-17(15)24;1-2/h2-3,10,15H,4-9,11H2,1H3,(H,19,23,24);1-2H3. The lowest BCUT2D eigenvalue weighted by Crippen LogP contribution is -2.52. The lowest BCUT2D eigenvalue weighted by atomic mass is 10.0. The molecule has 1 aromatic rings. The molecule has 1 N–H and O–H groups in total. The number of anilines is 1. The van der Waals surface area contributed by atoms with Crippen molar-refractivity contribution in [2.24, 2.45) is 0 Å². The summed E-state index contributed by atoms with van der Waals surface area (Å²) in [6.45, 7) is 8.43. The minimum atomic E-state index is -0.551. The summed E-state index contributed by atoms with van der Waals surface area (Å²) in [6.07, 6.45) is 0.679. The number of benzene rings is 1. The van der Waals surface area contributed by atoms with E-state index >= 15 is 0 Å². The number of carbonyl (C=O) groups excluding carboxylic acids is 3. The minimum Gasteiger partial charge on any atom is -0.369 e. The maximum atomic E-state index is 12.7. The zero-order chi connectivity index (χ0) is 19.6. The Morgan fingerprint density at radius 3 is 2.41 bits per heavy atom. The molecule has 0 spiro atoms. The second-order valence-corrected chi connectivity index (χ2v) is 7.03. The maximum absolute atomic E-state index is 12.7. The van der Waals surface area contributed by atoms with Crippen LogP contribution in [0.2, 0.25) is 0 Å². The summed E-state index contributed by atoms with van der Waals surface area (Å²) in [6, 6.07) is 5.39. The van der Waals surface area contributed by atoms with Crippen molar-refractivity contribution in [2.75, 3.05) is 38.1 Å². The molecule has 1 aromatic carbocycles. The average molecular weight is 372 g/mol. The van der Waals surface area contributed by atoms with Gasteiger partial charge in [-0.25, -0.2) is 0 Å². The fourth-order valence-electron chi connectivity index (χ4n) is 3.82. The first-order chi connectivity index (χ1) is 13.0. The van der Waals surface area contributed by atoms with Gasteiger partial charge >= 0.3 is 0 Å². The van der Waals surface area contributed by atoms with Crippen molar-refractivity contribution in [3.8, 4) is 0 Å². The molecule has 0 bridgehead atoms. The highest BCUT2D eigenvalue weighted by Crippen LogP contribution is 2.30. The number of likely N-dealkylation sites (N-methyl/N-ethyl adjacent to an activating group) is 1. The number of rotatable bonds is 2. The molecule has 3 amide bonds. The first-order valence-electron chi connectivity index (χ1n) is 9.74. The van der Waals surface area contributed by atoms with E-state index in [0.29, 0.717) is 18.5 Å². The number of piperazine rings is 1. The largest absolute Gasteiger partial charge is 0.369 e. The van der Waals surface area contributed by atoms with Gasteiger partial charge in [0.1, 0.15) is 6.04 Å². The molecule has 146 valence electrons. The van der Waals surface area contributed by atoms with Gasteiger partial charge in [-0.1, -0.05) is 13.8 Å². The Hall–Kier alpha value is -2.41. The van der Waals surface area contributed by atoms with Crippen LogP contribution in [0.25, 0.3) is 0 Å². The summed E-state index contributed by atoms with van der Waals surface area (Å²) in [5.41, 5.74) is 2.76. The van der Waals surface area contributed by atoms with E-state index in [2.05, 4.69) is 28.2 Å². The topological polar surface area (TPSA) is 73.0 Å². The fourth-order valence-corrected chi connectivity index (χ4v) is 3.82.